The molecule has 0 bridgehead atoms. The Balaban J connectivity index is 2.78. The van der Waals surface area contributed by atoms with Crippen LogP contribution in [0, 0.1) is 3.57 Å². The lowest BCUT2D eigenvalue weighted by atomic mass is 10.4. The zero-order valence-corrected chi connectivity index (χ0v) is 8.70. The van der Waals surface area contributed by atoms with E-state index < -0.39 is 0 Å². The first kappa shape index (κ1) is 8.77. The Kier molecular flexibility index (Phi) is 3.11. The molecule has 0 aliphatic rings. The molecule has 0 amide bonds. The van der Waals surface area contributed by atoms with E-state index in [0.29, 0.717) is 0 Å². The van der Waals surface area contributed by atoms with E-state index in [2.05, 4.69) is 27.6 Å². The number of aromatic nitrogens is 1. The average molecular weight is 263 g/mol. The van der Waals surface area contributed by atoms with Crippen molar-refractivity contribution in [3.8, 4) is 5.88 Å². The fourth-order valence-electron chi connectivity index (χ4n) is 0.681. The topological polar surface area (TPSA) is 22.1 Å². The van der Waals surface area contributed by atoms with Crippen molar-refractivity contribution in [1.29, 1.82) is 0 Å². The number of ether oxygens (including phenoxy) is 1. The minimum Gasteiger partial charge on any atom is -0.474 e. The third-order valence-electron chi connectivity index (χ3n) is 1.07. The van der Waals surface area contributed by atoms with Gasteiger partial charge in [0.2, 0.25) is 5.88 Å². The van der Waals surface area contributed by atoms with Gasteiger partial charge in [0.15, 0.2) is 0 Å². The summed E-state index contributed by atoms with van der Waals surface area (Å²) in [5.74, 6) is 0.725. The molecule has 1 aromatic heterocycles. The van der Waals surface area contributed by atoms with Gasteiger partial charge in [-0.25, -0.2) is 4.98 Å². The lowest BCUT2D eigenvalue weighted by Gasteiger charge is -2.08. The highest BCUT2D eigenvalue weighted by Gasteiger charge is 2.01. The molecule has 1 heterocycles. The summed E-state index contributed by atoms with van der Waals surface area (Å²) < 4.78 is 6.48. The van der Waals surface area contributed by atoms with Crippen LogP contribution >= 0.6 is 22.6 Å². The molecule has 1 rings (SSSR count). The Morgan fingerprint density at radius 1 is 1.55 bits per heavy atom. The van der Waals surface area contributed by atoms with Gasteiger partial charge in [-0.15, -0.1) is 0 Å². The van der Waals surface area contributed by atoms with Gasteiger partial charge in [0.05, 0.1) is 9.67 Å². The summed E-state index contributed by atoms with van der Waals surface area (Å²) in [5.41, 5.74) is 0. The number of hydrogen-bond acceptors (Lipinski definition) is 2. The van der Waals surface area contributed by atoms with Crippen LogP contribution in [-0.4, -0.2) is 11.1 Å². The molecule has 60 valence electrons. The van der Waals surface area contributed by atoms with E-state index in [4.69, 9.17) is 4.74 Å². The molecule has 0 spiro atoms. The molecule has 0 aromatic carbocycles. The van der Waals surface area contributed by atoms with Crippen LogP contribution in [0.5, 0.6) is 5.88 Å². The molecule has 1 aromatic rings. The Morgan fingerprint density at radius 3 is 2.82 bits per heavy atom. The molecule has 2 nitrogen and oxygen atoms in total. The number of halogens is 1. The zero-order valence-electron chi connectivity index (χ0n) is 6.54. The SMILES string of the molecule is CC(C)Oc1ncccc1I. The van der Waals surface area contributed by atoms with Crippen molar-refractivity contribution in [2.45, 2.75) is 20.0 Å². The minimum absolute atomic E-state index is 0.193. The van der Waals surface area contributed by atoms with Gasteiger partial charge in [-0.05, 0) is 48.6 Å². The largest absolute Gasteiger partial charge is 0.474 e. The molecular weight excluding hydrogens is 253 g/mol. The first-order valence-electron chi connectivity index (χ1n) is 3.47. The molecule has 0 saturated heterocycles. The highest BCUT2D eigenvalue weighted by Crippen LogP contribution is 2.17. The molecule has 0 radical (unpaired) electrons. The van der Waals surface area contributed by atoms with Crippen LogP contribution < -0.4 is 4.74 Å². The second kappa shape index (κ2) is 3.90. The summed E-state index contributed by atoms with van der Waals surface area (Å²) in [5, 5.41) is 0. The molecule has 0 aliphatic heterocycles. The Hall–Kier alpha value is -0.320. The first-order valence-corrected chi connectivity index (χ1v) is 4.55. The number of rotatable bonds is 2. The Bertz CT molecular complexity index is 237. The van der Waals surface area contributed by atoms with Crippen LogP contribution in [0.25, 0.3) is 0 Å². The molecule has 0 fully saturated rings. The predicted molar refractivity (Wildman–Crippen MR) is 52.7 cm³/mol. The number of pyridine rings is 1. The molecule has 0 N–H and O–H groups in total. The number of nitrogens with zero attached hydrogens (tertiary/aromatic N) is 1. The first-order chi connectivity index (χ1) is 5.20. The molecule has 3 heteroatoms. The lowest BCUT2D eigenvalue weighted by Crippen LogP contribution is -2.07. The van der Waals surface area contributed by atoms with Crippen molar-refractivity contribution in [2.24, 2.45) is 0 Å². The van der Waals surface area contributed by atoms with E-state index in [1.807, 2.05) is 26.0 Å². The van der Waals surface area contributed by atoms with Crippen molar-refractivity contribution in [1.82, 2.24) is 4.98 Å². The third-order valence-corrected chi connectivity index (χ3v) is 1.89. The molecule has 0 atom stereocenters. The third kappa shape index (κ3) is 2.65. The Labute approximate surface area is 80.1 Å². The fourth-order valence-corrected chi connectivity index (χ4v) is 1.16. The zero-order chi connectivity index (χ0) is 8.27. The van der Waals surface area contributed by atoms with Gasteiger partial charge in [0, 0.05) is 6.20 Å². The van der Waals surface area contributed by atoms with E-state index >= 15 is 0 Å². The van der Waals surface area contributed by atoms with Crippen molar-refractivity contribution in [3.63, 3.8) is 0 Å². The maximum absolute atomic E-state index is 5.43. The van der Waals surface area contributed by atoms with Gasteiger partial charge in [-0.3, -0.25) is 0 Å². The lowest BCUT2D eigenvalue weighted by molar-refractivity contribution is 0.230. The summed E-state index contributed by atoms with van der Waals surface area (Å²) in [6.45, 7) is 3.98. The Morgan fingerprint density at radius 2 is 2.27 bits per heavy atom. The summed E-state index contributed by atoms with van der Waals surface area (Å²) in [6.07, 6.45) is 1.93. The van der Waals surface area contributed by atoms with Gasteiger partial charge in [0.1, 0.15) is 0 Å². The number of hydrogen-bond donors (Lipinski definition) is 0. The quantitative estimate of drug-likeness (QED) is 0.765. The predicted octanol–water partition coefficient (Wildman–Crippen LogP) is 2.47. The van der Waals surface area contributed by atoms with Gasteiger partial charge in [-0.1, -0.05) is 0 Å². The smallest absolute Gasteiger partial charge is 0.227 e. The van der Waals surface area contributed by atoms with Gasteiger partial charge in [0.25, 0.3) is 0 Å². The summed E-state index contributed by atoms with van der Waals surface area (Å²) in [6, 6.07) is 3.88. The van der Waals surface area contributed by atoms with Gasteiger partial charge in [-0.2, -0.15) is 0 Å². The van der Waals surface area contributed by atoms with E-state index in [1.165, 1.54) is 0 Å². The average Bonchev–Trinajstić information content (AvgIpc) is 1.93. The van der Waals surface area contributed by atoms with Crippen LogP contribution in [-0.2, 0) is 0 Å². The molecule has 0 unspecified atom stereocenters. The van der Waals surface area contributed by atoms with E-state index in [9.17, 15) is 0 Å². The molecular formula is C8H10INO. The van der Waals surface area contributed by atoms with Crippen LogP contribution in [0.2, 0.25) is 0 Å². The molecule has 0 aliphatic carbocycles. The monoisotopic (exact) mass is 263 g/mol. The highest BCUT2D eigenvalue weighted by atomic mass is 127. The summed E-state index contributed by atoms with van der Waals surface area (Å²) >= 11 is 2.21. The molecule has 0 saturated carbocycles. The van der Waals surface area contributed by atoms with Crippen LogP contribution in [0.15, 0.2) is 18.3 Å². The maximum Gasteiger partial charge on any atom is 0.227 e. The summed E-state index contributed by atoms with van der Waals surface area (Å²) in [4.78, 5) is 4.09. The van der Waals surface area contributed by atoms with Gasteiger partial charge < -0.3 is 4.74 Å². The van der Waals surface area contributed by atoms with E-state index in [-0.39, 0.29) is 6.10 Å². The second-order valence-corrected chi connectivity index (χ2v) is 3.62. The van der Waals surface area contributed by atoms with Crippen molar-refractivity contribution in [3.05, 3.63) is 21.9 Å². The fraction of sp³-hybridized carbons (Fsp3) is 0.375. The van der Waals surface area contributed by atoms with Crippen LogP contribution in [0.4, 0.5) is 0 Å². The maximum atomic E-state index is 5.43. The van der Waals surface area contributed by atoms with Gasteiger partial charge >= 0.3 is 0 Å². The van der Waals surface area contributed by atoms with Crippen molar-refractivity contribution >= 4 is 22.6 Å². The van der Waals surface area contributed by atoms with E-state index in [1.54, 1.807) is 6.20 Å². The van der Waals surface area contributed by atoms with Crippen LogP contribution in [0.1, 0.15) is 13.8 Å². The standard InChI is InChI=1S/C8H10INO/c1-6(2)11-8-7(9)4-3-5-10-8/h3-6H,1-2H3. The van der Waals surface area contributed by atoms with Crippen LogP contribution in [0.3, 0.4) is 0 Å². The summed E-state index contributed by atoms with van der Waals surface area (Å²) in [7, 11) is 0. The van der Waals surface area contributed by atoms with Crippen molar-refractivity contribution < 1.29 is 4.74 Å². The minimum atomic E-state index is 0.193. The molecule has 11 heavy (non-hydrogen) atoms. The van der Waals surface area contributed by atoms with E-state index in [0.717, 1.165) is 9.45 Å². The van der Waals surface area contributed by atoms with Crippen molar-refractivity contribution in [2.75, 3.05) is 0 Å². The normalized spacial score (nSPS) is 10.2. The second-order valence-electron chi connectivity index (χ2n) is 2.46. The highest BCUT2D eigenvalue weighted by molar-refractivity contribution is 14.1.